The molecule has 0 saturated carbocycles. The topological polar surface area (TPSA) is 150 Å². The molecule has 1 aromatic carbocycles. The maximum Gasteiger partial charge on any atom is 0.405 e. The van der Waals surface area contributed by atoms with E-state index in [0.717, 1.165) is 42.5 Å². The van der Waals surface area contributed by atoms with Gasteiger partial charge in [-0.2, -0.15) is 0 Å². The van der Waals surface area contributed by atoms with Crippen LogP contribution in [0, 0.1) is 0 Å². The Bertz CT molecular complexity index is 1300. The molecule has 2 aromatic rings. The van der Waals surface area contributed by atoms with Gasteiger partial charge < -0.3 is 26.4 Å². The zero-order valence-corrected chi connectivity index (χ0v) is 21.8. The van der Waals surface area contributed by atoms with Gasteiger partial charge in [-0.15, -0.1) is 0 Å². The highest BCUT2D eigenvalue weighted by Gasteiger charge is 2.24. The van der Waals surface area contributed by atoms with Crippen LogP contribution in [0.1, 0.15) is 79.2 Å². The van der Waals surface area contributed by atoms with E-state index in [1.54, 1.807) is 30.5 Å². The monoisotopic (exact) mass is 518 g/mol. The molecule has 0 radical (unpaired) electrons. The van der Waals surface area contributed by atoms with Crippen molar-refractivity contribution < 1.29 is 19.5 Å². The highest BCUT2D eigenvalue weighted by Crippen LogP contribution is 2.31. The van der Waals surface area contributed by atoms with Gasteiger partial charge in [0.15, 0.2) is 0 Å². The normalized spacial score (nSPS) is 16.2. The number of hydrogen-bond acceptors (Lipinski definition) is 6. The third-order valence-electron chi connectivity index (χ3n) is 6.65. The number of pyridine rings is 1. The summed E-state index contributed by atoms with van der Waals surface area (Å²) < 4.78 is 0. The van der Waals surface area contributed by atoms with Crippen LogP contribution in [-0.4, -0.2) is 51.8 Å². The first kappa shape index (κ1) is 26.8. The predicted molar refractivity (Wildman–Crippen MR) is 147 cm³/mol. The van der Waals surface area contributed by atoms with Crippen LogP contribution in [0.25, 0.3) is 6.08 Å². The molecule has 5 N–H and O–H groups in total. The lowest BCUT2D eigenvalue weighted by atomic mass is 9.91. The fourth-order valence-electron chi connectivity index (χ4n) is 4.95. The Kier molecular flexibility index (Phi) is 8.40. The average molecular weight is 519 g/mol. The number of anilines is 1. The first-order valence-electron chi connectivity index (χ1n) is 13.1. The summed E-state index contributed by atoms with van der Waals surface area (Å²) in [5.41, 5.74) is 10.4. The van der Waals surface area contributed by atoms with Crippen molar-refractivity contribution in [3.05, 3.63) is 58.4 Å². The number of aryl methyl sites for hydroxylation is 1. The van der Waals surface area contributed by atoms with E-state index in [9.17, 15) is 14.4 Å². The molecule has 0 spiro atoms. The van der Waals surface area contributed by atoms with E-state index >= 15 is 0 Å². The predicted octanol–water partition coefficient (Wildman–Crippen LogP) is 4.40. The van der Waals surface area contributed by atoms with Gasteiger partial charge in [0.05, 0.1) is 23.6 Å². The molecule has 2 aliphatic rings. The summed E-state index contributed by atoms with van der Waals surface area (Å²) in [6, 6.07) is 6.51. The van der Waals surface area contributed by atoms with Crippen LogP contribution in [0.5, 0.6) is 0 Å². The number of amidine groups is 1. The molecule has 0 bridgehead atoms. The Hall–Kier alpha value is -4.21. The number of rotatable bonds is 8. The average Bonchev–Trinajstić information content (AvgIpc) is 3.05. The Morgan fingerprint density at radius 1 is 1.16 bits per heavy atom. The number of aliphatic imine (C=N–C) groups is 1. The number of nitrogens with zero attached hydrogens (tertiary/aromatic N) is 3. The summed E-state index contributed by atoms with van der Waals surface area (Å²) in [5, 5.41) is 14.6. The van der Waals surface area contributed by atoms with Crippen molar-refractivity contribution in [2.24, 2.45) is 10.7 Å². The van der Waals surface area contributed by atoms with Crippen LogP contribution in [0.15, 0.2) is 41.0 Å². The molecule has 1 aliphatic carbocycles. The Morgan fingerprint density at radius 3 is 2.63 bits per heavy atom. The molecular formula is C28H34N6O4. The van der Waals surface area contributed by atoms with Crippen molar-refractivity contribution in [2.75, 3.05) is 18.4 Å². The zero-order valence-electron chi connectivity index (χ0n) is 21.8. The minimum absolute atomic E-state index is 0.0443. The third-order valence-corrected chi connectivity index (χ3v) is 6.65. The van der Waals surface area contributed by atoms with Gasteiger partial charge in [-0.25, -0.2) is 9.79 Å². The summed E-state index contributed by atoms with van der Waals surface area (Å²) in [6.45, 7) is 5.44. The number of aromatic nitrogens is 1. The molecule has 1 aromatic heterocycles. The maximum atomic E-state index is 13.2. The Balaban J connectivity index is 1.56. The smallest absolute Gasteiger partial charge is 0.405 e. The number of hydrogen-bond donors (Lipinski definition) is 4. The highest BCUT2D eigenvalue weighted by molar-refractivity contribution is 6.07. The number of fused-ring (bicyclic) bond motifs is 2. The largest absolute Gasteiger partial charge is 0.465 e. The van der Waals surface area contributed by atoms with E-state index in [2.05, 4.69) is 20.6 Å². The molecule has 200 valence electrons. The van der Waals surface area contributed by atoms with Crippen LogP contribution in [-0.2, 0) is 11.2 Å². The van der Waals surface area contributed by atoms with Crippen LogP contribution < -0.4 is 16.4 Å². The summed E-state index contributed by atoms with van der Waals surface area (Å²) in [6.07, 6.45) is 6.56. The van der Waals surface area contributed by atoms with Gasteiger partial charge in [-0.1, -0.05) is 19.9 Å². The summed E-state index contributed by atoms with van der Waals surface area (Å²) in [4.78, 5) is 48.3. The fraction of sp³-hybridized carbons (Fsp3) is 0.393. The van der Waals surface area contributed by atoms with E-state index < -0.39 is 6.09 Å². The third kappa shape index (κ3) is 6.19. The minimum atomic E-state index is -1.09. The molecule has 1 atom stereocenters. The van der Waals surface area contributed by atoms with Crippen molar-refractivity contribution in [3.63, 3.8) is 0 Å². The quantitative estimate of drug-likeness (QED) is 0.407. The molecule has 10 nitrogen and oxygen atoms in total. The maximum absolute atomic E-state index is 13.2. The second-order valence-corrected chi connectivity index (χ2v) is 9.62. The van der Waals surface area contributed by atoms with E-state index in [1.165, 1.54) is 0 Å². The van der Waals surface area contributed by atoms with Crippen LogP contribution in [0.4, 0.5) is 16.2 Å². The van der Waals surface area contributed by atoms with Gasteiger partial charge in [0, 0.05) is 41.9 Å². The number of amides is 3. The molecule has 1 aliphatic heterocycles. The molecule has 0 saturated heterocycles. The van der Waals surface area contributed by atoms with Gasteiger partial charge in [-0.3, -0.25) is 14.6 Å². The fourth-order valence-corrected chi connectivity index (χ4v) is 4.95. The number of nitrogens with one attached hydrogen (secondary N) is 2. The van der Waals surface area contributed by atoms with Gasteiger partial charge in [-0.05, 0) is 61.9 Å². The summed E-state index contributed by atoms with van der Waals surface area (Å²) >= 11 is 0. The van der Waals surface area contributed by atoms with Gasteiger partial charge in [0.2, 0.25) is 5.91 Å². The molecule has 0 fully saturated rings. The lowest BCUT2D eigenvalue weighted by molar-refractivity contribution is -0.127. The lowest BCUT2D eigenvalue weighted by Crippen LogP contribution is -2.34. The number of carboxylic acid groups (broad SMARTS) is 1. The molecule has 3 amide bonds. The Morgan fingerprint density at radius 2 is 1.92 bits per heavy atom. The first-order chi connectivity index (χ1) is 18.3. The van der Waals surface area contributed by atoms with Gasteiger partial charge in [0.25, 0.3) is 5.91 Å². The summed E-state index contributed by atoms with van der Waals surface area (Å²) in [7, 11) is 0. The first-order valence-corrected chi connectivity index (χ1v) is 13.1. The van der Waals surface area contributed by atoms with Crippen LogP contribution in [0.3, 0.4) is 0 Å². The molecule has 38 heavy (non-hydrogen) atoms. The Labute approximate surface area is 222 Å². The molecule has 1 unspecified atom stereocenters. The van der Waals surface area contributed by atoms with E-state index in [0.29, 0.717) is 47.9 Å². The molecule has 2 heterocycles. The number of carbonyl (C=O) groups is 3. The molecular weight excluding hydrogens is 484 g/mol. The van der Waals surface area contributed by atoms with E-state index in [-0.39, 0.29) is 24.3 Å². The molecule has 10 heteroatoms. The molecule has 4 rings (SSSR count). The number of carbonyl (C=O) groups excluding carboxylic acids is 2. The lowest BCUT2D eigenvalue weighted by Gasteiger charge is -2.25. The highest BCUT2D eigenvalue weighted by atomic mass is 16.4. The summed E-state index contributed by atoms with van der Waals surface area (Å²) in [5.74, 6) is -0.0923. The van der Waals surface area contributed by atoms with E-state index in [4.69, 9.17) is 10.8 Å². The number of benzene rings is 1. The standard InChI is InChI=1S/C28H34N6O4/c1-3-10-34(11-4-2)27(36)19-12-17-8-9-18(13-24(17)32-25(29)14-19)26(35)31-20-15-21-22(30-16-20)6-5-7-23(21)33-28(37)38/h8-9,12-13,15-16,23,33H,3-7,10-11,14H2,1-2H3,(H2,29,32)(H,31,35)(H,37,38). The van der Waals surface area contributed by atoms with Gasteiger partial charge >= 0.3 is 6.09 Å². The van der Waals surface area contributed by atoms with Crippen LogP contribution in [0.2, 0.25) is 0 Å². The van der Waals surface area contributed by atoms with Crippen molar-refractivity contribution in [1.29, 1.82) is 0 Å². The van der Waals surface area contributed by atoms with Crippen molar-refractivity contribution >= 4 is 41.2 Å². The van der Waals surface area contributed by atoms with Gasteiger partial charge in [0.1, 0.15) is 5.84 Å². The van der Waals surface area contributed by atoms with Crippen LogP contribution >= 0.6 is 0 Å². The second-order valence-electron chi connectivity index (χ2n) is 9.62. The van der Waals surface area contributed by atoms with Crippen molar-refractivity contribution in [1.82, 2.24) is 15.2 Å². The number of nitrogens with two attached hydrogens (primary N) is 1. The second kappa shape index (κ2) is 11.9. The zero-order chi connectivity index (χ0) is 27.2. The van der Waals surface area contributed by atoms with Crippen molar-refractivity contribution in [2.45, 2.75) is 58.4 Å². The van der Waals surface area contributed by atoms with Crippen molar-refractivity contribution in [3.8, 4) is 0 Å². The minimum Gasteiger partial charge on any atom is -0.465 e. The van der Waals surface area contributed by atoms with E-state index in [1.807, 2.05) is 24.8 Å². The SMILES string of the molecule is CCCN(CCC)C(=O)C1=Cc2ccc(C(=O)Nc3cnc4c(c3)C(NC(=O)O)CCC4)cc2N=C(N)C1.